The lowest BCUT2D eigenvalue weighted by atomic mass is 9.77. The summed E-state index contributed by atoms with van der Waals surface area (Å²) in [6, 6.07) is 1.43. The van der Waals surface area contributed by atoms with Crippen LogP contribution in [0.15, 0.2) is 0 Å². The molecule has 2 unspecified atom stereocenters. The highest BCUT2D eigenvalue weighted by Gasteiger charge is 2.33. The van der Waals surface area contributed by atoms with Gasteiger partial charge in [-0.1, -0.05) is 20.8 Å². The van der Waals surface area contributed by atoms with Crippen molar-refractivity contribution in [2.75, 3.05) is 39.3 Å². The summed E-state index contributed by atoms with van der Waals surface area (Å²) < 4.78 is 0. The molecule has 0 amide bonds. The van der Waals surface area contributed by atoms with Gasteiger partial charge in [-0.05, 0) is 38.1 Å². The van der Waals surface area contributed by atoms with E-state index in [2.05, 4.69) is 42.8 Å². The van der Waals surface area contributed by atoms with Crippen LogP contribution in [0.25, 0.3) is 0 Å². The summed E-state index contributed by atoms with van der Waals surface area (Å²) in [4.78, 5) is 5.32. The first-order chi connectivity index (χ1) is 9.03. The molecule has 0 radical (unpaired) electrons. The van der Waals surface area contributed by atoms with Crippen molar-refractivity contribution in [3.8, 4) is 0 Å². The van der Waals surface area contributed by atoms with E-state index in [0.717, 1.165) is 6.04 Å². The summed E-state index contributed by atoms with van der Waals surface area (Å²) in [6.45, 7) is 17.0. The minimum Gasteiger partial charge on any atom is -0.312 e. The maximum atomic E-state index is 3.75. The summed E-state index contributed by atoms with van der Waals surface area (Å²) >= 11 is 0. The Balaban J connectivity index is 1.79. The largest absolute Gasteiger partial charge is 0.312 e. The van der Waals surface area contributed by atoms with Crippen LogP contribution in [0.2, 0.25) is 0 Å². The molecule has 0 aromatic rings. The lowest BCUT2D eigenvalue weighted by Crippen LogP contribution is -2.57. The van der Waals surface area contributed by atoms with Crippen LogP contribution in [0, 0.1) is 5.41 Å². The molecule has 3 nitrogen and oxygen atoms in total. The molecular formula is C16H33N3. The van der Waals surface area contributed by atoms with Gasteiger partial charge < -0.3 is 5.32 Å². The van der Waals surface area contributed by atoms with Gasteiger partial charge in [-0.25, -0.2) is 0 Å². The van der Waals surface area contributed by atoms with Gasteiger partial charge in [0.1, 0.15) is 0 Å². The van der Waals surface area contributed by atoms with Crippen LogP contribution in [0.4, 0.5) is 0 Å². The summed E-state index contributed by atoms with van der Waals surface area (Å²) in [5.74, 6) is 0. The molecule has 3 heteroatoms. The highest BCUT2D eigenvalue weighted by Crippen LogP contribution is 2.30. The predicted octanol–water partition coefficient (Wildman–Crippen LogP) is 2.18. The summed E-state index contributed by atoms with van der Waals surface area (Å²) in [5.41, 5.74) is 0.464. The molecular weight excluding hydrogens is 234 g/mol. The molecule has 0 bridgehead atoms. The predicted molar refractivity (Wildman–Crippen MR) is 82.6 cm³/mol. The smallest absolute Gasteiger partial charge is 0.0246 e. The topological polar surface area (TPSA) is 18.5 Å². The molecule has 112 valence electrons. The summed E-state index contributed by atoms with van der Waals surface area (Å²) in [6.07, 6.45) is 3.99. The molecule has 2 fully saturated rings. The molecule has 1 N–H and O–H groups in total. The van der Waals surface area contributed by atoms with Gasteiger partial charge in [0.15, 0.2) is 0 Å². The van der Waals surface area contributed by atoms with Crippen LogP contribution in [-0.4, -0.2) is 61.2 Å². The van der Waals surface area contributed by atoms with Crippen LogP contribution in [-0.2, 0) is 0 Å². The van der Waals surface area contributed by atoms with Crippen molar-refractivity contribution in [3.63, 3.8) is 0 Å². The van der Waals surface area contributed by atoms with Gasteiger partial charge in [-0.2, -0.15) is 0 Å². The zero-order valence-corrected chi connectivity index (χ0v) is 13.4. The van der Waals surface area contributed by atoms with Gasteiger partial charge in [-0.3, -0.25) is 9.80 Å². The Labute approximate surface area is 119 Å². The minimum absolute atomic E-state index is 0.464. The molecule has 2 heterocycles. The number of rotatable bonds is 4. The first-order valence-corrected chi connectivity index (χ1v) is 8.22. The molecule has 0 aromatic carbocycles. The first kappa shape index (κ1) is 15.3. The second kappa shape index (κ2) is 6.55. The van der Waals surface area contributed by atoms with E-state index in [1.807, 2.05) is 0 Å². The van der Waals surface area contributed by atoms with E-state index in [4.69, 9.17) is 0 Å². The van der Waals surface area contributed by atoms with Crippen LogP contribution in [0.1, 0.15) is 47.0 Å². The first-order valence-electron chi connectivity index (χ1n) is 8.22. The fraction of sp³-hybridized carbons (Fsp3) is 1.00. The van der Waals surface area contributed by atoms with E-state index in [-0.39, 0.29) is 0 Å². The lowest BCUT2D eigenvalue weighted by Gasteiger charge is -2.44. The van der Waals surface area contributed by atoms with Crippen molar-refractivity contribution in [1.29, 1.82) is 0 Å². The molecule has 0 aromatic heterocycles. The number of nitrogens with zero attached hydrogens (tertiary/aromatic N) is 2. The van der Waals surface area contributed by atoms with E-state index in [1.54, 1.807) is 0 Å². The Kier molecular flexibility index (Phi) is 5.27. The molecule has 2 saturated heterocycles. The van der Waals surface area contributed by atoms with Crippen LogP contribution in [0.3, 0.4) is 0 Å². The molecule has 19 heavy (non-hydrogen) atoms. The molecule has 2 aliphatic rings. The van der Waals surface area contributed by atoms with E-state index >= 15 is 0 Å². The van der Waals surface area contributed by atoms with Gasteiger partial charge in [0.25, 0.3) is 0 Å². The Bertz CT molecular complexity index is 269. The monoisotopic (exact) mass is 267 g/mol. The van der Waals surface area contributed by atoms with E-state index < -0.39 is 0 Å². The van der Waals surface area contributed by atoms with Gasteiger partial charge in [0, 0.05) is 44.8 Å². The van der Waals surface area contributed by atoms with Gasteiger partial charge >= 0.3 is 0 Å². The van der Waals surface area contributed by atoms with Crippen LogP contribution >= 0.6 is 0 Å². The minimum atomic E-state index is 0.464. The fourth-order valence-corrected chi connectivity index (χ4v) is 3.49. The number of piperidine rings is 1. The normalized spacial score (nSPS) is 31.3. The van der Waals surface area contributed by atoms with E-state index in [1.165, 1.54) is 58.5 Å². The fourth-order valence-electron chi connectivity index (χ4n) is 3.49. The van der Waals surface area contributed by atoms with Crippen molar-refractivity contribution in [3.05, 3.63) is 0 Å². The van der Waals surface area contributed by atoms with Crippen molar-refractivity contribution >= 4 is 0 Å². The molecule has 2 atom stereocenters. The Morgan fingerprint density at radius 2 is 1.89 bits per heavy atom. The summed E-state index contributed by atoms with van der Waals surface area (Å²) in [7, 11) is 0. The molecule has 2 aliphatic heterocycles. The Morgan fingerprint density at radius 1 is 1.21 bits per heavy atom. The standard InChI is InChI=1S/C16H33N3/c1-5-14(2)19-11-9-18(10-12-19)13-15-16(3,4)7-6-8-17-15/h14-15,17H,5-13H2,1-4H3. The SMILES string of the molecule is CCC(C)N1CCN(CC2NCCCC2(C)C)CC1. The third-order valence-electron chi connectivity index (χ3n) is 5.39. The molecule has 0 aliphatic carbocycles. The number of hydrogen-bond acceptors (Lipinski definition) is 3. The Morgan fingerprint density at radius 3 is 2.47 bits per heavy atom. The maximum absolute atomic E-state index is 3.75. The zero-order chi connectivity index (χ0) is 13.9. The highest BCUT2D eigenvalue weighted by molar-refractivity contribution is 4.91. The molecule has 0 saturated carbocycles. The number of nitrogens with one attached hydrogen (secondary N) is 1. The van der Waals surface area contributed by atoms with E-state index in [0.29, 0.717) is 11.5 Å². The van der Waals surface area contributed by atoms with Crippen LogP contribution < -0.4 is 5.32 Å². The third-order valence-corrected chi connectivity index (χ3v) is 5.39. The number of hydrogen-bond donors (Lipinski definition) is 1. The second-order valence-electron chi connectivity index (χ2n) is 7.19. The van der Waals surface area contributed by atoms with Crippen molar-refractivity contribution in [2.24, 2.45) is 5.41 Å². The average Bonchev–Trinajstić information content (AvgIpc) is 2.41. The Hall–Kier alpha value is -0.120. The van der Waals surface area contributed by atoms with Crippen molar-refractivity contribution < 1.29 is 0 Å². The number of piperazine rings is 1. The van der Waals surface area contributed by atoms with Crippen molar-refractivity contribution in [1.82, 2.24) is 15.1 Å². The quantitative estimate of drug-likeness (QED) is 0.842. The summed E-state index contributed by atoms with van der Waals surface area (Å²) in [5, 5.41) is 3.75. The molecule has 2 rings (SSSR count). The maximum Gasteiger partial charge on any atom is 0.0246 e. The zero-order valence-electron chi connectivity index (χ0n) is 13.4. The second-order valence-corrected chi connectivity index (χ2v) is 7.19. The third kappa shape index (κ3) is 3.93. The average molecular weight is 267 g/mol. The van der Waals surface area contributed by atoms with Crippen LogP contribution in [0.5, 0.6) is 0 Å². The van der Waals surface area contributed by atoms with Gasteiger partial charge in [0.05, 0.1) is 0 Å². The lowest BCUT2D eigenvalue weighted by molar-refractivity contribution is 0.0681. The van der Waals surface area contributed by atoms with E-state index in [9.17, 15) is 0 Å². The van der Waals surface area contributed by atoms with Crippen molar-refractivity contribution in [2.45, 2.75) is 59.0 Å². The van der Waals surface area contributed by atoms with Gasteiger partial charge in [0.2, 0.25) is 0 Å². The van der Waals surface area contributed by atoms with Gasteiger partial charge in [-0.15, -0.1) is 0 Å². The highest BCUT2D eigenvalue weighted by atomic mass is 15.3. The molecule has 0 spiro atoms.